The molecule has 0 aliphatic rings. The number of fused-ring (bicyclic) bond motifs is 1. The molecule has 0 saturated heterocycles. The maximum atomic E-state index is 14.7. The smallest absolute Gasteiger partial charge is 0.166 e. The lowest BCUT2D eigenvalue weighted by Crippen LogP contribution is -1.91. The van der Waals surface area contributed by atoms with Crippen LogP contribution >= 0.6 is 0 Å². The Morgan fingerprint density at radius 3 is 2.44 bits per heavy atom. The van der Waals surface area contributed by atoms with E-state index in [2.05, 4.69) is 23.7 Å². The zero-order chi connectivity index (χ0) is 22.5. The summed E-state index contributed by atoms with van der Waals surface area (Å²) in [6.45, 7) is 2.18. The molecule has 0 amide bonds. The molecule has 0 atom stereocenters. The van der Waals surface area contributed by atoms with Crippen LogP contribution in [0.2, 0.25) is 0 Å². The Morgan fingerprint density at radius 2 is 1.69 bits per heavy atom. The van der Waals surface area contributed by atoms with Crippen molar-refractivity contribution in [1.82, 2.24) is 4.98 Å². The molecule has 160 valence electrons. The van der Waals surface area contributed by atoms with Gasteiger partial charge in [-0.2, -0.15) is 0 Å². The van der Waals surface area contributed by atoms with E-state index in [1.54, 1.807) is 24.3 Å². The highest BCUT2D eigenvalue weighted by atomic mass is 19.2. The van der Waals surface area contributed by atoms with Crippen molar-refractivity contribution in [3.63, 3.8) is 0 Å². The third-order valence-electron chi connectivity index (χ3n) is 5.41. The summed E-state index contributed by atoms with van der Waals surface area (Å²) in [5.41, 5.74) is 3.44. The molecule has 32 heavy (non-hydrogen) atoms. The van der Waals surface area contributed by atoms with Crippen LogP contribution in [0, 0.1) is 29.3 Å². The lowest BCUT2D eigenvalue weighted by Gasteiger charge is -2.05. The van der Waals surface area contributed by atoms with Gasteiger partial charge >= 0.3 is 0 Å². The van der Waals surface area contributed by atoms with Crippen molar-refractivity contribution in [2.24, 2.45) is 0 Å². The molecule has 0 bridgehead atoms. The van der Waals surface area contributed by atoms with Crippen LogP contribution in [0.4, 0.5) is 13.2 Å². The molecule has 0 N–H and O–H groups in total. The van der Waals surface area contributed by atoms with E-state index in [0.717, 1.165) is 18.9 Å². The second kappa shape index (κ2) is 9.70. The highest BCUT2D eigenvalue weighted by Gasteiger charge is 2.08. The van der Waals surface area contributed by atoms with Crippen LogP contribution in [-0.4, -0.2) is 4.98 Å². The van der Waals surface area contributed by atoms with Gasteiger partial charge in [0.25, 0.3) is 0 Å². The Hall–Kier alpha value is -3.58. The van der Waals surface area contributed by atoms with Crippen LogP contribution in [-0.2, 0) is 6.42 Å². The molecule has 0 aliphatic carbocycles. The van der Waals surface area contributed by atoms with E-state index >= 15 is 0 Å². The van der Waals surface area contributed by atoms with Gasteiger partial charge in [0, 0.05) is 22.7 Å². The summed E-state index contributed by atoms with van der Waals surface area (Å²) >= 11 is 0. The minimum Gasteiger partial charge on any atom is -0.256 e. The van der Waals surface area contributed by atoms with Gasteiger partial charge in [0.2, 0.25) is 0 Å². The molecule has 0 spiro atoms. The van der Waals surface area contributed by atoms with Crippen molar-refractivity contribution in [2.75, 3.05) is 0 Å². The summed E-state index contributed by atoms with van der Waals surface area (Å²) in [5, 5.41) is 0.728. The number of rotatable bonds is 5. The van der Waals surface area contributed by atoms with Crippen molar-refractivity contribution in [3.05, 3.63) is 101 Å². The van der Waals surface area contributed by atoms with E-state index in [4.69, 9.17) is 0 Å². The van der Waals surface area contributed by atoms with E-state index in [1.807, 2.05) is 18.3 Å². The number of pyridine rings is 1. The van der Waals surface area contributed by atoms with Gasteiger partial charge in [-0.3, -0.25) is 4.98 Å². The van der Waals surface area contributed by atoms with Gasteiger partial charge in [-0.05, 0) is 60.2 Å². The summed E-state index contributed by atoms with van der Waals surface area (Å²) in [4.78, 5) is 4.47. The van der Waals surface area contributed by atoms with Crippen LogP contribution in [0.1, 0.15) is 42.9 Å². The summed E-state index contributed by atoms with van der Waals surface area (Å²) in [7, 11) is 0. The highest BCUT2D eigenvalue weighted by molar-refractivity contribution is 5.84. The lowest BCUT2D eigenvalue weighted by molar-refractivity contribution is 0.517. The monoisotopic (exact) mass is 429 g/mol. The summed E-state index contributed by atoms with van der Waals surface area (Å²) in [6, 6.07) is 16.1. The zero-order valence-electron chi connectivity index (χ0n) is 17.8. The van der Waals surface area contributed by atoms with Crippen LogP contribution in [0.3, 0.4) is 0 Å². The number of hydrogen-bond donors (Lipinski definition) is 0. The third-order valence-corrected chi connectivity index (χ3v) is 5.41. The maximum Gasteiger partial charge on any atom is 0.166 e. The van der Waals surface area contributed by atoms with Crippen molar-refractivity contribution < 1.29 is 13.2 Å². The Bertz CT molecular complexity index is 1310. The van der Waals surface area contributed by atoms with E-state index in [-0.39, 0.29) is 10.9 Å². The maximum absolute atomic E-state index is 14.7. The first-order valence-electron chi connectivity index (χ1n) is 10.7. The predicted molar refractivity (Wildman–Crippen MR) is 123 cm³/mol. The standard InChI is InChI=1S/C28H22F3N/c1-2-3-4-5-20-8-15-27(32-18-20)23-11-10-21(26(30)17-23)9-6-19-7-13-24-22(16-19)12-14-25(29)28(24)31/h7-8,10-18H,2-5H2,1H3. The number of benzene rings is 3. The Labute approximate surface area is 185 Å². The molecule has 4 heteroatoms. The normalized spacial score (nSPS) is 10.8. The average Bonchev–Trinajstić information content (AvgIpc) is 2.81. The summed E-state index contributed by atoms with van der Waals surface area (Å²) in [6.07, 6.45) is 6.37. The van der Waals surface area contributed by atoms with Gasteiger partial charge in [-0.25, -0.2) is 13.2 Å². The van der Waals surface area contributed by atoms with Gasteiger partial charge in [-0.15, -0.1) is 0 Å². The first-order valence-corrected chi connectivity index (χ1v) is 10.7. The summed E-state index contributed by atoms with van der Waals surface area (Å²) in [5.74, 6) is 3.51. The van der Waals surface area contributed by atoms with Gasteiger partial charge in [0.05, 0.1) is 11.3 Å². The summed E-state index contributed by atoms with van der Waals surface area (Å²) < 4.78 is 41.8. The van der Waals surface area contributed by atoms with Crippen molar-refractivity contribution in [2.45, 2.75) is 32.6 Å². The van der Waals surface area contributed by atoms with Crippen molar-refractivity contribution in [1.29, 1.82) is 0 Å². The number of hydrogen-bond acceptors (Lipinski definition) is 1. The number of halogens is 3. The quantitative estimate of drug-likeness (QED) is 0.237. The molecule has 0 saturated carbocycles. The molecular weight excluding hydrogens is 407 g/mol. The highest BCUT2D eigenvalue weighted by Crippen LogP contribution is 2.23. The topological polar surface area (TPSA) is 12.9 Å². The second-order valence-corrected chi connectivity index (χ2v) is 7.75. The third kappa shape index (κ3) is 4.84. The molecule has 1 nitrogen and oxygen atoms in total. The first kappa shape index (κ1) is 21.6. The number of nitrogens with zero attached hydrogens (tertiary/aromatic N) is 1. The van der Waals surface area contributed by atoms with E-state index in [0.29, 0.717) is 22.2 Å². The fourth-order valence-corrected chi connectivity index (χ4v) is 3.58. The molecule has 3 aromatic carbocycles. The first-order chi connectivity index (χ1) is 15.5. The molecule has 0 unspecified atom stereocenters. The molecule has 4 aromatic rings. The lowest BCUT2D eigenvalue weighted by atomic mass is 10.0. The zero-order valence-corrected chi connectivity index (χ0v) is 17.8. The fraction of sp³-hybridized carbons (Fsp3) is 0.179. The fourth-order valence-electron chi connectivity index (χ4n) is 3.58. The van der Waals surface area contributed by atoms with Crippen LogP contribution in [0.25, 0.3) is 22.0 Å². The minimum atomic E-state index is -0.890. The van der Waals surface area contributed by atoms with Crippen molar-refractivity contribution >= 4 is 10.8 Å². The molecule has 0 radical (unpaired) electrons. The Balaban J connectivity index is 1.53. The molecule has 0 fully saturated rings. The van der Waals surface area contributed by atoms with Gasteiger partial charge in [0.1, 0.15) is 5.82 Å². The van der Waals surface area contributed by atoms with Crippen LogP contribution < -0.4 is 0 Å². The Morgan fingerprint density at radius 1 is 0.812 bits per heavy atom. The van der Waals surface area contributed by atoms with Crippen LogP contribution in [0.15, 0.2) is 66.9 Å². The van der Waals surface area contributed by atoms with Gasteiger partial charge in [-0.1, -0.05) is 55.9 Å². The van der Waals surface area contributed by atoms with E-state index in [1.165, 1.54) is 36.6 Å². The van der Waals surface area contributed by atoms with Crippen molar-refractivity contribution in [3.8, 4) is 23.1 Å². The average molecular weight is 429 g/mol. The van der Waals surface area contributed by atoms with Gasteiger partial charge < -0.3 is 0 Å². The molecule has 1 aromatic heterocycles. The molecular formula is C28H22F3N. The second-order valence-electron chi connectivity index (χ2n) is 7.75. The largest absolute Gasteiger partial charge is 0.256 e. The number of unbranched alkanes of at least 4 members (excludes halogenated alkanes) is 2. The molecule has 1 heterocycles. The Kier molecular flexibility index (Phi) is 6.56. The number of aryl methyl sites for hydroxylation is 1. The number of aromatic nitrogens is 1. The minimum absolute atomic E-state index is 0.190. The molecule has 4 rings (SSSR count). The van der Waals surface area contributed by atoms with E-state index < -0.39 is 17.5 Å². The van der Waals surface area contributed by atoms with Gasteiger partial charge in [0.15, 0.2) is 11.6 Å². The predicted octanol–water partition coefficient (Wildman–Crippen LogP) is 7.45. The van der Waals surface area contributed by atoms with Crippen LogP contribution in [0.5, 0.6) is 0 Å². The van der Waals surface area contributed by atoms with E-state index in [9.17, 15) is 13.2 Å². The molecule has 0 aliphatic heterocycles. The SMILES string of the molecule is CCCCCc1ccc(-c2ccc(C#Cc3ccc4c(F)c(F)ccc4c3)c(F)c2)nc1.